The van der Waals surface area contributed by atoms with Gasteiger partial charge in [-0.3, -0.25) is 34.6 Å². The van der Waals surface area contributed by atoms with Crippen LogP contribution in [-0.2, 0) is 28.7 Å². The van der Waals surface area contributed by atoms with E-state index in [-0.39, 0.29) is 60.9 Å². The fourth-order valence-corrected chi connectivity index (χ4v) is 9.15. The summed E-state index contributed by atoms with van der Waals surface area (Å²) in [5, 5.41) is 45.2. The zero-order valence-electron chi connectivity index (χ0n) is 28.7. The van der Waals surface area contributed by atoms with Crippen molar-refractivity contribution in [2.24, 2.45) is 23.7 Å². The van der Waals surface area contributed by atoms with E-state index >= 15 is 0 Å². The summed E-state index contributed by atoms with van der Waals surface area (Å²) in [5.74, 6) is -6.27. The molecular formula is C34H54N4O12. The summed E-state index contributed by atoms with van der Waals surface area (Å²) in [6.45, 7) is 0.00410. The van der Waals surface area contributed by atoms with Crippen LogP contribution in [0, 0.1) is 43.9 Å². The molecule has 5 aliphatic rings. The minimum Gasteiger partial charge on any atom is -0.481 e. The second-order valence-corrected chi connectivity index (χ2v) is 15.2. The highest BCUT2D eigenvalue weighted by Gasteiger charge is 2.49. The van der Waals surface area contributed by atoms with E-state index in [2.05, 4.69) is 10.8 Å². The highest BCUT2D eigenvalue weighted by atomic mass is 16.7. The van der Waals surface area contributed by atoms with E-state index in [0.717, 1.165) is 64.2 Å². The molecule has 5 fully saturated rings. The zero-order valence-corrected chi connectivity index (χ0v) is 28.7. The highest BCUT2D eigenvalue weighted by molar-refractivity contribution is 5.85. The summed E-state index contributed by atoms with van der Waals surface area (Å²) >= 11 is 0. The molecule has 50 heavy (non-hydrogen) atoms. The molecule has 5 aliphatic carbocycles. The number of hydrogen-bond donors (Lipinski definition) is 4. The molecule has 16 nitrogen and oxygen atoms in total. The zero-order chi connectivity index (χ0) is 35.8. The Kier molecular flexibility index (Phi) is 13.8. The summed E-state index contributed by atoms with van der Waals surface area (Å²) in [6, 6.07) is -2.12. The standard InChI is InChI=1S/C34H54N4O12/c39-32(31-27(34(42)43)4-2-6-30(31)38(46)47)35-20-7-11-22(12-8-20)49-24-15-17-25(18-16-24)50-23-13-9-21(10-14-23)36-48-19-28-26(33(40)41)3-1-5-29(28)37(44)45/h20-31,36H,1-19H2,(H,35,39)(H,40,41)(H,42,43). The number of hydrogen-bond acceptors (Lipinski definition) is 11. The van der Waals surface area contributed by atoms with E-state index in [9.17, 15) is 44.8 Å². The van der Waals surface area contributed by atoms with E-state index in [4.69, 9.17) is 14.3 Å². The molecule has 1 amide bonds. The number of ether oxygens (including phenoxy) is 2. The predicted octanol–water partition coefficient (Wildman–Crippen LogP) is 3.88. The highest BCUT2D eigenvalue weighted by Crippen LogP contribution is 2.35. The molecule has 6 unspecified atom stereocenters. The third kappa shape index (κ3) is 10.1. The van der Waals surface area contributed by atoms with Gasteiger partial charge in [0.15, 0.2) is 0 Å². The predicted molar refractivity (Wildman–Crippen MR) is 176 cm³/mol. The van der Waals surface area contributed by atoms with Gasteiger partial charge in [-0.2, -0.15) is 5.48 Å². The van der Waals surface area contributed by atoms with Crippen LogP contribution in [0.15, 0.2) is 0 Å². The molecule has 0 aromatic carbocycles. The summed E-state index contributed by atoms with van der Waals surface area (Å²) in [4.78, 5) is 64.4. The molecule has 0 bridgehead atoms. The molecule has 0 aromatic rings. The second kappa shape index (κ2) is 18.0. The van der Waals surface area contributed by atoms with Crippen LogP contribution in [-0.4, -0.2) is 93.1 Å². The monoisotopic (exact) mass is 710 g/mol. The molecule has 0 saturated heterocycles. The van der Waals surface area contributed by atoms with Gasteiger partial charge in [0.2, 0.25) is 18.0 Å². The first-order valence-electron chi connectivity index (χ1n) is 18.7. The molecule has 5 saturated carbocycles. The first-order valence-corrected chi connectivity index (χ1v) is 18.7. The maximum absolute atomic E-state index is 13.1. The molecule has 6 atom stereocenters. The number of nitrogens with zero attached hydrogens (tertiary/aromatic N) is 2. The van der Waals surface area contributed by atoms with Crippen molar-refractivity contribution in [1.29, 1.82) is 0 Å². The van der Waals surface area contributed by atoms with Crippen LogP contribution < -0.4 is 10.8 Å². The number of amides is 1. The maximum atomic E-state index is 13.1. The van der Waals surface area contributed by atoms with Gasteiger partial charge in [0.25, 0.3) is 0 Å². The minimum atomic E-state index is -1.17. The van der Waals surface area contributed by atoms with Crippen LogP contribution in [0.4, 0.5) is 0 Å². The number of aliphatic carboxylic acids is 2. The Labute approximate surface area is 292 Å². The van der Waals surface area contributed by atoms with Gasteiger partial charge in [-0.15, -0.1) is 0 Å². The number of rotatable bonds is 14. The Morgan fingerprint density at radius 3 is 1.52 bits per heavy atom. The molecule has 0 spiro atoms. The molecule has 282 valence electrons. The van der Waals surface area contributed by atoms with E-state index in [1.807, 2.05) is 0 Å². The number of carboxylic acid groups (broad SMARTS) is 2. The molecule has 0 radical (unpaired) electrons. The number of nitro groups is 2. The van der Waals surface area contributed by atoms with E-state index in [1.54, 1.807) is 0 Å². The second-order valence-electron chi connectivity index (χ2n) is 15.2. The number of carbonyl (C=O) groups is 3. The van der Waals surface area contributed by atoms with Crippen LogP contribution in [0.5, 0.6) is 0 Å². The van der Waals surface area contributed by atoms with Gasteiger partial charge < -0.3 is 29.8 Å². The molecule has 4 N–H and O–H groups in total. The largest absolute Gasteiger partial charge is 0.481 e. The lowest BCUT2D eigenvalue weighted by Gasteiger charge is -2.37. The molecule has 5 rings (SSSR count). The Morgan fingerprint density at radius 2 is 1.04 bits per heavy atom. The normalized spacial score (nSPS) is 38.1. The molecular weight excluding hydrogens is 656 g/mol. The number of nitrogens with one attached hydrogen (secondary N) is 2. The Balaban J connectivity index is 0.949. The number of carbonyl (C=O) groups excluding carboxylic acids is 1. The van der Waals surface area contributed by atoms with Gasteiger partial charge in [0.05, 0.1) is 48.8 Å². The van der Waals surface area contributed by atoms with Gasteiger partial charge in [-0.25, -0.2) is 0 Å². The van der Waals surface area contributed by atoms with E-state index in [0.29, 0.717) is 38.5 Å². The number of carboxylic acids is 2. The average Bonchev–Trinajstić information content (AvgIpc) is 3.10. The van der Waals surface area contributed by atoms with Crippen molar-refractivity contribution in [1.82, 2.24) is 10.8 Å². The van der Waals surface area contributed by atoms with Crippen molar-refractivity contribution in [3.05, 3.63) is 20.2 Å². The lowest BCUT2D eigenvalue weighted by Crippen LogP contribution is -2.52. The summed E-state index contributed by atoms with van der Waals surface area (Å²) in [6.07, 6.45) is 12.9. The van der Waals surface area contributed by atoms with Crippen molar-refractivity contribution in [3.63, 3.8) is 0 Å². The molecule has 0 heterocycles. The Hall–Kier alpha value is -2.95. The van der Waals surface area contributed by atoms with Crippen LogP contribution >= 0.6 is 0 Å². The Morgan fingerprint density at radius 1 is 0.600 bits per heavy atom. The van der Waals surface area contributed by atoms with Crippen LogP contribution in [0.25, 0.3) is 0 Å². The van der Waals surface area contributed by atoms with Gasteiger partial charge >= 0.3 is 11.9 Å². The van der Waals surface area contributed by atoms with Gasteiger partial charge in [-0.1, -0.05) is 0 Å². The van der Waals surface area contributed by atoms with Crippen molar-refractivity contribution < 1.29 is 48.8 Å². The first-order chi connectivity index (χ1) is 24.0. The smallest absolute Gasteiger partial charge is 0.307 e. The van der Waals surface area contributed by atoms with Gasteiger partial charge in [-0.05, 0) is 103 Å². The molecule has 0 aromatic heterocycles. The van der Waals surface area contributed by atoms with Crippen molar-refractivity contribution >= 4 is 17.8 Å². The van der Waals surface area contributed by atoms with Crippen LogP contribution in [0.3, 0.4) is 0 Å². The molecule has 16 heteroatoms. The quantitative estimate of drug-likeness (QED) is 0.148. The summed E-state index contributed by atoms with van der Waals surface area (Å²) < 4.78 is 12.9. The van der Waals surface area contributed by atoms with Crippen molar-refractivity contribution in [2.75, 3.05) is 6.61 Å². The SMILES string of the molecule is O=C(O)C1CCCC([N+](=O)[O-])C1CONC1CCC(OC2CCC(OC3CCC(NC(=O)C4C(C(=O)O)CCCC4[N+](=O)[O-])CC3)CC2)CC1. The van der Waals surface area contributed by atoms with Gasteiger partial charge in [0, 0.05) is 34.8 Å². The van der Waals surface area contributed by atoms with Crippen LogP contribution in [0.1, 0.15) is 116 Å². The third-order valence-corrected chi connectivity index (χ3v) is 12.0. The van der Waals surface area contributed by atoms with Crippen molar-refractivity contribution in [3.8, 4) is 0 Å². The first kappa shape index (κ1) is 38.3. The molecule has 0 aliphatic heterocycles. The summed E-state index contributed by atoms with van der Waals surface area (Å²) in [5.41, 5.74) is 3.04. The van der Waals surface area contributed by atoms with Crippen molar-refractivity contribution in [2.45, 2.75) is 164 Å². The number of hydroxylamine groups is 1. The van der Waals surface area contributed by atoms with E-state index in [1.165, 1.54) is 0 Å². The van der Waals surface area contributed by atoms with Gasteiger partial charge in [0.1, 0.15) is 5.92 Å². The van der Waals surface area contributed by atoms with Crippen LogP contribution in [0.2, 0.25) is 0 Å². The fraction of sp³-hybridized carbons (Fsp3) is 0.912. The average molecular weight is 711 g/mol. The lowest BCUT2D eigenvalue weighted by molar-refractivity contribution is -0.538. The van der Waals surface area contributed by atoms with E-state index < -0.39 is 58.5 Å². The maximum Gasteiger partial charge on any atom is 0.307 e. The minimum absolute atomic E-state index is 0.00410. The third-order valence-electron chi connectivity index (χ3n) is 12.0. The Bertz CT molecular complexity index is 1140. The topological polar surface area (TPSA) is 230 Å². The summed E-state index contributed by atoms with van der Waals surface area (Å²) in [7, 11) is 0. The lowest BCUT2D eigenvalue weighted by atomic mass is 9.75. The fourth-order valence-electron chi connectivity index (χ4n) is 9.15.